The molecule has 0 unspecified atom stereocenters. The van der Waals surface area contributed by atoms with Crippen LogP contribution >= 0.6 is 0 Å². The Hall–Kier alpha value is -3.16. The Morgan fingerprint density at radius 3 is 2.08 bits per heavy atom. The van der Waals surface area contributed by atoms with E-state index < -0.39 is 12.5 Å². The minimum Gasteiger partial charge on any atom is -0.434 e. The van der Waals surface area contributed by atoms with Gasteiger partial charge in [0.25, 0.3) is 5.91 Å². The van der Waals surface area contributed by atoms with Crippen molar-refractivity contribution in [1.29, 1.82) is 0 Å². The van der Waals surface area contributed by atoms with E-state index in [9.17, 15) is 18.4 Å². The van der Waals surface area contributed by atoms with Crippen LogP contribution in [-0.2, 0) is 0 Å². The number of alkyl halides is 2. The summed E-state index contributed by atoms with van der Waals surface area (Å²) in [5.74, 6) is -0.789. The molecule has 2 aromatic rings. The van der Waals surface area contributed by atoms with Gasteiger partial charge in [0.05, 0.1) is 5.56 Å². The molecule has 0 aromatic heterocycles. The number of para-hydroxylation sites is 1. The summed E-state index contributed by atoms with van der Waals surface area (Å²) in [6.07, 6.45) is 0. The first-order chi connectivity index (χ1) is 12.3. The van der Waals surface area contributed by atoms with Crippen LogP contribution in [-0.4, -0.2) is 24.6 Å². The highest BCUT2D eigenvalue weighted by Crippen LogP contribution is 2.22. The molecule has 0 atom stereocenters. The average Bonchev–Trinajstić information content (AvgIpc) is 2.55. The van der Waals surface area contributed by atoms with Gasteiger partial charge in [-0.15, -0.1) is 0 Å². The van der Waals surface area contributed by atoms with Crippen LogP contribution in [0.25, 0.3) is 0 Å². The minimum absolute atomic E-state index is 0.00378. The molecular formula is C18H19F2N3O3. The largest absolute Gasteiger partial charge is 0.434 e. The monoisotopic (exact) mass is 363 g/mol. The number of hydrogen-bond acceptors (Lipinski definition) is 3. The maximum Gasteiger partial charge on any atom is 0.387 e. The molecule has 0 aliphatic carbocycles. The van der Waals surface area contributed by atoms with Crippen LogP contribution in [0.15, 0.2) is 48.5 Å². The van der Waals surface area contributed by atoms with E-state index >= 15 is 0 Å². The number of ether oxygens (including phenoxy) is 1. The maximum atomic E-state index is 12.4. The minimum atomic E-state index is -3.02. The molecule has 0 aliphatic heterocycles. The number of amides is 3. The van der Waals surface area contributed by atoms with Crippen molar-refractivity contribution in [2.24, 2.45) is 0 Å². The fraction of sp³-hybridized carbons (Fsp3) is 0.222. The van der Waals surface area contributed by atoms with Gasteiger partial charge >= 0.3 is 12.6 Å². The molecule has 138 valence electrons. The van der Waals surface area contributed by atoms with Gasteiger partial charge in [-0.2, -0.15) is 8.78 Å². The van der Waals surface area contributed by atoms with Crippen molar-refractivity contribution in [3.63, 3.8) is 0 Å². The van der Waals surface area contributed by atoms with Crippen LogP contribution < -0.4 is 20.7 Å². The summed E-state index contributed by atoms with van der Waals surface area (Å²) in [5.41, 5.74) is 0.977. The third-order valence-corrected chi connectivity index (χ3v) is 3.17. The Bertz CT molecular complexity index is 765. The first-order valence-electron chi connectivity index (χ1n) is 7.88. The van der Waals surface area contributed by atoms with E-state index in [0.29, 0.717) is 11.4 Å². The highest BCUT2D eigenvalue weighted by molar-refractivity contribution is 6.06. The quantitative estimate of drug-likeness (QED) is 0.724. The zero-order chi connectivity index (χ0) is 19.1. The Labute approximate surface area is 149 Å². The number of carbonyl (C=O) groups excluding carboxylic acids is 2. The Morgan fingerprint density at radius 1 is 0.923 bits per heavy atom. The predicted octanol–water partition coefficient (Wildman–Crippen LogP) is 4.07. The van der Waals surface area contributed by atoms with Crippen LogP contribution in [0.2, 0.25) is 0 Å². The lowest BCUT2D eigenvalue weighted by Gasteiger charge is -2.12. The van der Waals surface area contributed by atoms with E-state index in [2.05, 4.69) is 20.7 Å². The van der Waals surface area contributed by atoms with E-state index in [-0.39, 0.29) is 23.4 Å². The first-order valence-corrected chi connectivity index (χ1v) is 7.88. The number of rotatable bonds is 6. The second-order valence-electron chi connectivity index (χ2n) is 5.66. The van der Waals surface area contributed by atoms with E-state index in [0.717, 1.165) is 0 Å². The molecule has 0 heterocycles. The summed E-state index contributed by atoms with van der Waals surface area (Å²) in [6.45, 7) is 0.660. The van der Waals surface area contributed by atoms with Crippen molar-refractivity contribution in [2.45, 2.75) is 26.5 Å². The number of hydrogen-bond donors (Lipinski definition) is 3. The van der Waals surface area contributed by atoms with E-state index in [4.69, 9.17) is 0 Å². The molecule has 2 aromatic carbocycles. The second kappa shape index (κ2) is 8.80. The first kappa shape index (κ1) is 19.2. The Kier molecular flexibility index (Phi) is 6.48. The summed E-state index contributed by atoms with van der Waals surface area (Å²) >= 11 is 0. The number of anilines is 2. The lowest BCUT2D eigenvalue weighted by atomic mass is 10.2. The third-order valence-electron chi connectivity index (χ3n) is 3.17. The molecule has 0 radical (unpaired) electrons. The van der Waals surface area contributed by atoms with Gasteiger partial charge in [0.1, 0.15) is 5.75 Å². The van der Waals surface area contributed by atoms with Gasteiger partial charge in [-0.25, -0.2) is 4.79 Å². The molecular weight excluding hydrogens is 344 g/mol. The lowest BCUT2D eigenvalue weighted by Crippen LogP contribution is -2.34. The maximum absolute atomic E-state index is 12.4. The van der Waals surface area contributed by atoms with Gasteiger partial charge in [-0.1, -0.05) is 12.1 Å². The molecule has 6 nitrogen and oxygen atoms in total. The summed E-state index contributed by atoms with van der Waals surface area (Å²) in [7, 11) is 0. The molecule has 3 amide bonds. The normalized spacial score (nSPS) is 10.5. The molecule has 0 aliphatic rings. The van der Waals surface area contributed by atoms with Crippen molar-refractivity contribution in [3.8, 4) is 5.75 Å². The van der Waals surface area contributed by atoms with Crippen LogP contribution in [0.1, 0.15) is 24.2 Å². The molecule has 2 rings (SSSR count). The SMILES string of the molecule is CC(C)NC(=O)Nc1ccc(NC(=O)c2ccccc2OC(F)F)cc1. The standard InChI is InChI=1S/C18H19F2N3O3/c1-11(2)21-18(25)23-13-9-7-12(8-10-13)22-16(24)14-5-3-4-6-15(14)26-17(19)20/h3-11,17H,1-2H3,(H,22,24)(H2,21,23,25). The van der Waals surface area contributed by atoms with Crippen molar-refractivity contribution in [1.82, 2.24) is 5.32 Å². The number of nitrogens with one attached hydrogen (secondary N) is 3. The van der Waals surface area contributed by atoms with Crippen molar-refractivity contribution in [3.05, 3.63) is 54.1 Å². The highest BCUT2D eigenvalue weighted by Gasteiger charge is 2.15. The Balaban J connectivity index is 2.03. The number of carbonyl (C=O) groups is 2. The summed E-state index contributed by atoms with van der Waals surface area (Å²) < 4.78 is 29.2. The average molecular weight is 363 g/mol. The Morgan fingerprint density at radius 2 is 1.50 bits per heavy atom. The molecule has 0 bridgehead atoms. The molecule has 0 saturated carbocycles. The van der Waals surface area contributed by atoms with E-state index in [1.165, 1.54) is 18.2 Å². The van der Waals surface area contributed by atoms with Gasteiger partial charge in [0, 0.05) is 17.4 Å². The third kappa shape index (κ3) is 5.73. The molecule has 0 saturated heterocycles. The van der Waals surface area contributed by atoms with Crippen molar-refractivity contribution < 1.29 is 23.1 Å². The number of urea groups is 1. The van der Waals surface area contributed by atoms with Gasteiger partial charge in [-0.05, 0) is 50.2 Å². The zero-order valence-electron chi connectivity index (χ0n) is 14.3. The molecule has 0 fully saturated rings. The van der Waals surface area contributed by atoms with Crippen LogP contribution in [0.4, 0.5) is 25.0 Å². The second-order valence-corrected chi connectivity index (χ2v) is 5.66. The van der Waals surface area contributed by atoms with Crippen molar-refractivity contribution in [2.75, 3.05) is 10.6 Å². The van der Waals surface area contributed by atoms with Gasteiger partial charge in [0.2, 0.25) is 0 Å². The topological polar surface area (TPSA) is 79.5 Å². The van der Waals surface area contributed by atoms with Crippen LogP contribution in [0.5, 0.6) is 5.75 Å². The molecule has 3 N–H and O–H groups in total. The number of halogens is 2. The highest BCUT2D eigenvalue weighted by atomic mass is 19.3. The van der Waals surface area contributed by atoms with Gasteiger partial charge in [-0.3, -0.25) is 4.79 Å². The predicted molar refractivity (Wildman–Crippen MR) is 94.8 cm³/mol. The molecule has 26 heavy (non-hydrogen) atoms. The fourth-order valence-electron chi connectivity index (χ4n) is 2.12. The van der Waals surface area contributed by atoms with E-state index in [1.807, 2.05) is 13.8 Å². The van der Waals surface area contributed by atoms with E-state index in [1.54, 1.807) is 30.3 Å². The number of benzene rings is 2. The van der Waals surface area contributed by atoms with Crippen molar-refractivity contribution >= 4 is 23.3 Å². The smallest absolute Gasteiger partial charge is 0.387 e. The summed E-state index contributed by atoms with van der Waals surface area (Å²) in [6, 6.07) is 11.8. The van der Waals surface area contributed by atoms with Crippen LogP contribution in [0, 0.1) is 0 Å². The summed E-state index contributed by atoms with van der Waals surface area (Å²) in [5, 5.41) is 7.93. The van der Waals surface area contributed by atoms with Gasteiger partial charge < -0.3 is 20.7 Å². The van der Waals surface area contributed by atoms with Gasteiger partial charge in [0.15, 0.2) is 0 Å². The van der Waals surface area contributed by atoms with Crippen LogP contribution in [0.3, 0.4) is 0 Å². The zero-order valence-corrected chi connectivity index (χ0v) is 14.3. The summed E-state index contributed by atoms with van der Waals surface area (Å²) in [4.78, 5) is 23.9. The molecule has 0 spiro atoms. The fourth-order valence-corrected chi connectivity index (χ4v) is 2.12. The molecule has 8 heteroatoms. The lowest BCUT2D eigenvalue weighted by molar-refractivity contribution is -0.0501.